The lowest BCUT2D eigenvalue weighted by Gasteiger charge is -2.47. The molecule has 2 fully saturated rings. The molecule has 5 heterocycles. The summed E-state index contributed by atoms with van der Waals surface area (Å²) in [6, 6.07) is 7.53. The number of benzene rings is 1. The molecular formula is C25H26FN7O. The van der Waals surface area contributed by atoms with Crippen molar-refractivity contribution in [1.29, 1.82) is 0 Å². The number of aromatic amines is 1. The summed E-state index contributed by atoms with van der Waals surface area (Å²) in [6.45, 7) is 5.01. The Balaban J connectivity index is 1.05. The lowest BCUT2D eigenvalue weighted by Crippen LogP contribution is -2.56. The molecule has 174 valence electrons. The van der Waals surface area contributed by atoms with Crippen LogP contribution in [0.2, 0.25) is 0 Å². The molecule has 0 spiro atoms. The number of piperidine rings is 1. The van der Waals surface area contributed by atoms with Gasteiger partial charge in [0.2, 0.25) is 0 Å². The van der Waals surface area contributed by atoms with Crippen LogP contribution in [0.5, 0.6) is 0 Å². The number of H-pyrrole nitrogens is 1. The number of aryl methyl sites for hydroxylation is 1. The molecule has 2 saturated heterocycles. The maximum Gasteiger partial charge on any atom is 0.253 e. The van der Waals surface area contributed by atoms with Crippen LogP contribution in [-0.2, 0) is 0 Å². The molecule has 0 atom stereocenters. The van der Waals surface area contributed by atoms with Crippen LogP contribution >= 0.6 is 0 Å². The molecule has 3 aromatic heterocycles. The Labute approximate surface area is 196 Å². The Hall–Kier alpha value is -3.59. The van der Waals surface area contributed by atoms with Crippen molar-refractivity contribution in [1.82, 2.24) is 34.5 Å². The first kappa shape index (κ1) is 21.0. The molecule has 1 N–H and O–H groups in total. The average Bonchev–Trinajstić information content (AvgIpc) is 3.50. The van der Waals surface area contributed by atoms with Gasteiger partial charge in [0, 0.05) is 61.1 Å². The SMILES string of the molecule is Cc1ccc(C(=O)N2CCC(N3CC(n4cc(-c5ncnc6[nH]ccc56)cn4)C3)CC2)cc1F. The summed E-state index contributed by atoms with van der Waals surface area (Å²) in [5.41, 5.74) is 3.69. The Kier molecular flexibility index (Phi) is 5.13. The minimum absolute atomic E-state index is 0.0795. The second-order valence-electron chi connectivity index (χ2n) is 9.27. The van der Waals surface area contributed by atoms with Crippen molar-refractivity contribution in [2.45, 2.75) is 31.8 Å². The lowest BCUT2D eigenvalue weighted by atomic mass is 9.97. The van der Waals surface area contributed by atoms with E-state index in [1.165, 1.54) is 6.07 Å². The molecule has 0 radical (unpaired) electrons. The van der Waals surface area contributed by atoms with Crippen molar-refractivity contribution in [2.75, 3.05) is 26.2 Å². The van der Waals surface area contributed by atoms with Crippen LogP contribution < -0.4 is 0 Å². The first-order valence-electron chi connectivity index (χ1n) is 11.7. The van der Waals surface area contributed by atoms with Crippen molar-refractivity contribution >= 4 is 16.9 Å². The van der Waals surface area contributed by atoms with Gasteiger partial charge in [-0.05, 0) is 43.5 Å². The first-order valence-corrected chi connectivity index (χ1v) is 11.7. The van der Waals surface area contributed by atoms with Crippen LogP contribution in [0.4, 0.5) is 4.39 Å². The fraction of sp³-hybridized carbons (Fsp3) is 0.360. The maximum atomic E-state index is 13.9. The van der Waals surface area contributed by atoms with Crippen molar-refractivity contribution in [3.63, 3.8) is 0 Å². The number of hydrogen-bond donors (Lipinski definition) is 1. The lowest BCUT2D eigenvalue weighted by molar-refractivity contribution is 0.0198. The van der Waals surface area contributed by atoms with Crippen LogP contribution in [0.25, 0.3) is 22.3 Å². The zero-order valence-electron chi connectivity index (χ0n) is 19.0. The van der Waals surface area contributed by atoms with Crippen molar-refractivity contribution in [3.8, 4) is 11.3 Å². The molecule has 6 rings (SSSR count). The monoisotopic (exact) mass is 459 g/mol. The molecule has 0 aliphatic carbocycles. The zero-order chi connectivity index (χ0) is 23.2. The van der Waals surface area contributed by atoms with Crippen LogP contribution in [0, 0.1) is 12.7 Å². The predicted molar refractivity (Wildman–Crippen MR) is 126 cm³/mol. The van der Waals surface area contributed by atoms with Gasteiger partial charge in [-0.15, -0.1) is 0 Å². The molecule has 1 aromatic carbocycles. The van der Waals surface area contributed by atoms with E-state index in [-0.39, 0.29) is 11.7 Å². The molecule has 1 amide bonds. The number of amides is 1. The molecule has 0 bridgehead atoms. The Morgan fingerprint density at radius 1 is 1.12 bits per heavy atom. The summed E-state index contributed by atoms with van der Waals surface area (Å²) in [4.78, 5) is 28.9. The third-order valence-corrected chi connectivity index (χ3v) is 7.18. The number of fused-ring (bicyclic) bond motifs is 1. The van der Waals surface area contributed by atoms with Gasteiger partial charge in [0.15, 0.2) is 0 Å². The van der Waals surface area contributed by atoms with E-state index in [1.807, 2.05) is 28.0 Å². The number of rotatable bonds is 4. The van der Waals surface area contributed by atoms with Gasteiger partial charge >= 0.3 is 0 Å². The molecule has 2 aliphatic heterocycles. The highest BCUT2D eigenvalue weighted by molar-refractivity contribution is 5.94. The van der Waals surface area contributed by atoms with E-state index in [1.54, 1.807) is 25.4 Å². The van der Waals surface area contributed by atoms with Gasteiger partial charge in [-0.3, -0.25) is 14.4 Å². The van der Waals surface area contributed by atoms with E-state index in [4.69, 9.17) is 0 Å². The van der Waals surface area contributed by atoms with E-state index in [9.17, 15) is 9.18 Å². The third kappa shape index (κ3) is 3.66. The number of carbonyl (C=O) groups excluding carboxylic acids is 1. The maximum absolute atomic E-state index is 13.9. The van der Waals surface area contributed by atoms with E-state index in [0.717, 1.165) is 48.2 Å². The van der Waals surface area contributed by atoms with Crippen molar-refractivity contribution in [2.24, 2.45) is 0 Å². The Morgan fingerprint density at radius 2 is 1.94 bits per heavy atom. The molecular weight excluding hydrogens is 433 g/mol. The number of carbonyl (C=O) groups is 1. The van der Waals surface area contributed by atoms with E-state index >= 15 is 0 Å². The van der Waals surface area contributed by atoms with Crippen molar-refractivity contribution < 1.29 is 9.18 Å². The number of nitrogens with zero attached hydrogens (tertiary/aromatic N) is 6. The molecule has 4 aromatic rings. The fourth-order valence-corrected chi connectivity index (χ4v) is 5.06. The highest BCUT2D eigenvalue weighted by Gasteiger charge is 2.36. The summed E-state index contributed by atoms with van der Waals surface area (Å²) in [5.74, 6) is -0.407. The van der Waals surface area contributed by atoms with Gasteiger partial charge in [0.1, 0.15) is 17.8 Å². The first-order chi connectivity index (χ1) is 16.6. The minimum Gasteiger partial charge on any atom is -0.346 e. The Morgan fingerprint density at radius 3 is 2.74 bits per heavy atom. The molecule has 9 heteroatoms. The van der Waals surface area contributed by atoms with Gasteiger partial charge < -0.3 is 9.88 Å². The van der Waals surface area contributed by atoms with Crippen LogP contribution in [0.3, 0.4) is 0 Å². The molecule has 8 nitrogen and oxygen atoms in total. The predicted octanol–water partition coefficient (Wildman–Crippen LogP) is 3.43. The topological polar surface area (TPSA) is 82.9 Å². The van der Waals surface area contributed by atoms with Gasteiger partial charge in [-0.25, -0.2) is 14.4 Å². The van der Waals surface area contributed by atoms with Gasteiger partial charge in [0.05, 0.1) is 17.9 Å². The largest absolute Gasteiger partial charge is 0.346 e. The highest BCUT2D eigenvalue weighted by atomic mass is 19.1. The minimum atomic E-state index is -0.327. The summed E-state index contributed by atoms with van der Waals surface area (Å²) in [5, 5.41) is 5.60. The fourth-order valence-electron chi connectivity index (χ4n) is 5.06. The normalized spacial score (nSPS) is 17.9. The highest BCUT2D eigenvalue weighted by Crippen LogP contribution is 2.30. The van der Waals surface area contributed by atoms with Gasteiger partial charge in [-0.2, -0.15) is 5.10 Å². The third-order valence-electron chi connectivity index (χ3n) is 7.18. The summed E-state index contributed by atoms with van der Waals surface area (Å²) in [6.07, 6.45) is 9.25. The second-order valence-corrected chi connectivity index (χ2v) is 9.27. The quantitative estimate of drug-likeness (QED) is 0.506. The smallest absolute Gasteiger partial charge is 0.253 e. The average molecular weight is 460 g/mol. The van der Waals surface area contributed by atoms with E-state index < -0.39 is 0 Å². The van der Waals surface area contributed by atoms with Gasteiger partial charge in [-0.1, -0.05) is 6.07 Å². The summed E-state index contributed by atoms with van der Waals surface area (Å²) < 4.78 is 15.9. The molecule has 2 aliphatic rings. The molecule has 0 unspecified atom stereocenters. The van der Waals surface area contributed by atoms with Gasteiger partial charge in [0.25, 0.3) is 5.91 Å². The number of hydrogen-bond acceptors (Lipinski definition) is 5. The van der Waals surface area contributed by atoms with Crippen LogP contribution in [0.1, 0.15) is 34.8 Å². The standard InChI is InChI=1S/C25H26FN7O/c1-16-2-3-17(10-22(16)26)25(34)31-8-5-19(6-9-31)32-13-20(14-32)33-12-18(11-30-33)23-21-4-7-27-24(21)29-15-28-23/h2-4,7,10-12,15,19-20H,5-6,8-9,13-14H2,1H3,(H,27,28,29). The molecule has 0 saturated carbocycles. The summed E-state index contributed by atoms with van der Waals surface area (Å²) >= 11 is 0. The van der Waals surface area contributed by atoms with E-state index in [0.29, 0.717) is 36.3 Å². The summed E-state index contributed by atoms with van der Waals surface area (Å²) in [7, 11) is 0. The Bertz CT molecular complexity index is 1350. The van der Waals surface area contributed by atoms with Crippen LogP contribution in [0.15, 0.2) is 49.2 Å². The number of halogens is 1. The number of aromatic nitrogens is 5. The second kappa shape index (κ2) is 8.32. The van der Waals surface area contributed by atoms with Crippen molar-refractivity contribution in [3.05, 3.63) is 66.1 Å². The van der Waals surface area contributed by atoms with Crippen LogP contribution in [-0.4, -0.2) is 72.7 Å². The van der Waals surface area contributed by atoms with E-state index in [2.05, 4.69) is 31.1 Å². The number of likely N-dealkylation sites (tertiary alicyclic amines) is 2. The molecule has 34 heavy (non-hydrogen) atoms. The zero-order valence-corrected chi connectivity index (χ0v) is 19.0. The number of nitrogens with one attached hydrogen (secondary N) is 1.